The molecule has 0 saturated carbocycles. The molecule has 22 heavy (non-hydrogen) atoms. The summed E-state index contributed by atoms with van der Waals surface area (Å²) in [6, 6.07) is 9.50. The minimum atomic E-state index is -0.110. The van der Waals surface area contributed by atoms with Crippen molar-refractivity contribution >= 4 is 17.2 Å². The molecule has 1 aromatic carbocycles. The van der Waals surface area contributed by atoms with Gasteiger partial charge in [0.05, 0.1) is 6.04 Å². The minimum absolute atomic E-state index is 0.110. The lowest BCUT2D eigenvalue weighted by molar-refractivity contribution is 0.0942. The van der Waals surface area contributed by atoms with E-state index < -0.39 is 0 Å². The van der Waals surface area contributed by atoms with Gasteiger partial charge in [-0.25, -0.2) is 0 Å². The van der Waals surface area contributed by atoms with Crippen molar-refractivity contribution in [1.29, 1.82) is 0 Å². The number of carbonyl (C=O) groups is 1. The predicted molar refractivity (Wildman–Crippen MR) is 85.6 cm³/mol. The highest BCUT2D eigenvalue weighted by molar-refractivity contribution is 7.10. The van der Waals surface area contributed by atoms with E-state index in [9.17, 15) is 4.79 Å². The molecule has 1 aliphatic rings. The van der Waals surface area contributed by atoms with Gasteiger partial charge in [0.15, 0.2) is 11.5 Å². The third kappa shape index (κ3) is 3.08. The molecule has 0 radical (unpaired) electrons. The van der Waals surface area contributed by atoms with Gasteiger partial charge in [-0.05, 0) is 43.7 Å². The van der Waals surface area contributed by atoms with Crippen LogP contribution in [0.3, 0.4) is 0 Å². The van der Waals surface area contributed by atoms with E-state index in [1.54, 1.807) is 29.5 Å². The molecule has 1 N–H and O–H groups in total. The van der Waals surface area contributed by atoms with E-state index in [-0.39, 0.29) is 18.7 Å². The highest BCUT2D eigenvalue weighted by Gasteiger charge is 2.19. The maximum atomic E-state index is 12.3. The lowest BCUT2D eigenvalue weighted by Gasteiger charge is -2.23. The van der Waals surface area contributed by atoms with E-state index in [1.165, 1.54) is 4.88 Å². The standard InChI is InChI=1S/C16H18N2O3S/c1-18(2)12(15-4-3-7-22-15)9-17-16(19)11-5-6-13-14(8-11)21-10-20-13/h3-8,12H,9-10H2,1-2H3,(H,17,19)/t12-/m0/s1. The Balaban J connectivity index is 1.66. The van der Waals surface area contributed by atoms with Crippen LogP contribution in [0.5, 0.6) is 11.5 Å². The quantitative estimate of drug-likeness (QED) is 0.920. The predicted octanol–water partition coefficient (Wildman–Crippen LogP) is 2.51. The number of rotatable bonds is 5. The number of carbonyl (C=O) groups excluding carboxylic acids is 1. The number of thiophene rings is 1. The van der Waals surface area contributed by atoms with E-state index in [0.29, 0.717) is 23.6 Å². The molecule has 116 valence electrons. The fourth-order valence-corrected chi connectivity index (χ4v) is 3.27. The summed E-state index contributed by atoms with van der Waals surface area (Å²) in [5.74, 6) is 1.19. The number of nitrogens with one attached hydrogen (secondary N) is 1. The van der Waals surface area contributed by atoms with Crippen LogP contribution in [0, 0.1) is 0 Å². The summed E-state index contributed by atoms with van der Waals surface area (Å²) in [6.07, 6.45) is 0. The zero-order valence-corrected chi connectivity index (χ0v) is 13.4. The molecular formula is C16H18N2O3S. The first kappa shape index (κ1) is 14.9. The smallest absolute Gasteiger partial charge is 0.251 e. The molecule has 0 fully saturated rings. The molecule has 0 bridgehead atoms. The second kappa shape index (κ2) is 6.37. The fraction of sp³-hybridized carbons (Fsp3) is 0.312. The first-order valence-corrected chi connectivity index (χ1v) is 7.91. The van der Waals surface area contributed by atoms with Gasteiger partial charge < -0.3 is 19.7 Å². The first-order valence-electron chi connectivity index (χ1n) is 7.03. The van der Waals surface area contributed by atoms with E-state index in [4.69, 9.17) is 9.47 Å². The van der Waals surface area contributed by atoms with Gasteiger partial charge in [0.25, 0.3) is 5.91 Å². The van der Waals surface area contributed by atoms with Gasteiger partial charge in [0, 0.05) is 17.0 Å². The summed E-state index contributed by atoms with van der Waals surface area (Å²) < 4.78 is 10.6. The molecule has 2 heterocycles. The van der Waals surface area contributed by atoms with Crippen molar-refractivity contribution in [1.82, 2.24) is 10.2 Å². The number of ether oxygens (including phenoxy) is 2. The maximum Gasteiger partial charge on any atom is 0.251 e. The number of likely N-dealkylation sites (N-methyl/N-ethyl adjacent to an activating group) is 1. The van der Waals surface area contributed by atoms with Crippen molar-refractivity contribution in [2.75, 3.05) is 27.4 Å². The average Bonchev–Trinajstić information content (AvgIpc) is 3.17. The number of benzene rings is 1. The van der Waals surface area contributed by atoms with Crippen molar-refractivity contribution in [3.63, 3.8) is 0 Å². The van der Waals surface area contributed by atoms with Crippen molar-refractivity contribution < 1.29 is 14.3 Å². The van der Waals surface area contributed by atoms with Gasteiger partial charge >= 0.3 is 0 Å². The van der Waals surface area contributed by atoms with Crippen molar-refractivity contribution in [2.45, 2.75) is 6.04 Å². The van der Waals surface area contributed by atoms with Crippen LogP contribution in [0.25, 0.3) is 0 Å². The Morgan fingerprint density at radius 2 is 2.14 bits per heavy atom. The highest BCUT2D eigenvalue weighted by Crippen LogP contribution is 2.32. The molecule has 1 amide bonds. The van der Waals surface area contributed by atoms with Crippen LogP contribution in [0.4, 0.5) is 0 Å². The fourth-order valence-electron chi connectivity index (χ4n) is 2.35. The van der Waals surface area contributed by atoms with E-state index in [0.717, 1.165) is 0 Å². The first-order chi connectivity index (χ1) is 10.6. The second-order valence-electron chi connectivity index (χ2n) is 5.27. The number of amides is 1. The van der Waals surface area contributed by atoms with Crippen LogP contribution < -0.4 is 14.8 Å². The summed E-state index contributed by atoms with van der Waals surface area (Å²) in [7, 11) is 4.02. The average molecular weight is 318 g/mol. The third-order valence-corrected chi connectivity index (χ3v) is 4.56. The largest absolute Gasteiger partial charge is 0.454 e. The topological polar surface area (TPSA) is 50.8 Å². The normalized spacial score (nSPS) is 14.1. The van der Waals surface area contributed by atoms with Gasteiger partial charge in [-0.2, -0.15) is 0 Å². The molecule has 0 saturated heterocycles. The molecule has 1 aliphatic heterocycles. The minimum Gasteiger partial charge on any atom is -0.454 e. The Hall–Kier alpha value is -2.05. The summed E-state index contributed by atoms with van der Waals surface area (Å²) in [5, 5.41) is 5.04. The van der Waals surface area contributed by atoms with Gasteiger partial charge in [-0.1, -0.05) is 6.07 Å². The van der Waals surface area contributed by atoms with Crippen LogP contribution >= 0.6 is 11.3 Å². The van der Waals surface area contributed by atoms with E-state index >= 15 is 0 Å². The molecule has 2 aromatic rings. The Morgan fingerprint density at radius 3 is 2.86 bits per heavy atom. The molecule has 6 heteroatoms. The van der Waals surface area contributed by atoms with E-state index in [1.807, 2.05) is 25.5 Å². The van der Waals surface area contributed by atoms with Crippen LogP contribution in [-0.2, 0) is 0 Å². The van der Waals surface area contributed by atoms with Crippen molar-refractivity contribution in [3.8, 4) is 11.5 Å². The van der Waals surface area contributed by atoms with Gasteiger partial charge in [-0.3, -0.25) is 4.79 Å². The Bertz CT molecular complexity index is 655. The van der Waals surface area contributed by atoms with Gasteiger partial charge in [0.1, 0.15) is 0 Å². The second-order valence-corrected chi connectivity index (χ2v) is 6.25. The molecule has 5 nitrogen and oxygen atoms in total. The molecule has 0 spiro atoms. The van der Waals surface area contributed by atoms with Crippen LogP contribution in [0.1, 0.15) is 21.3 Å². The van der Waals surface area contributed by atoms with Crippen LogP contribution in [0.2, 0.25) is 0 Å². The van der Waals surface area contributed by atoms with Crippen LogP contribution in [0.15, 0.2) is 35.7 Å². The van der Waals surface area contributed by atoms with Gasteiger partial charge in [0.2, 0.25) is 6.79 Å². The Labute approximate surface area is 133 Å². The Kier molecular flexibility index (Phi) is 4.31. The summed E-state index contributed by atoms with van der Waals surface area (Å²) in [6.45, 7) is 0.766. The molecule has 1 atom stereocenters. The number of fused-ring (bicyclic) bond motifs is 1. The van der Waals surface area contributed by atoms with Crippen molar-refractivity contribution in [2.24, 2.45) is 0 Å². The summed E-state index contributed by atoms with van der Waals surface area (Å²) >= 11 is 1.69. The highest BCUT2D eigenvalue weighted by atomic mass is 32.1. The lowest BCUT2D eigenvalue weighted by atomic mass is 10.1. The summed E-state index contributed by atoms with van der Waals surface area (Å²) in [4.78, 5) is 15.7. The molecule has 0 unspecified atom stereocenters. The Morgan fingerprint density at radius 1 is 1.32 bits per heavy atom. The van der Waals surface area contributed by atoms with E-state index in [2.05, 4.69) is 16.3 Å². The zero-order valence-electron chi connectivity index (χ0n) is 12.5. The number of hydrogen-bond acceptors (Lipinski definition) is 5. The zero-order chi connectivity index (χ0) is 15.5. The number of nitrogens with zero attached hydrogens (tertiary/aromatic N) is 1. The molecule has 0 aliphatic carbocycles. The molecule has 1 aromatic heterocycles. The van der Waals surface area contributed by atoms with Crippen LogP contribution in [-0.4, -0.2) is 38.2 Å². The lowest BCUT2D eigenvalue weighted by Crippen LogP contribution is -2.34. The third-order valence-electron chi connectivity index (χ3n) is 3.59. The maximum absolute atomic E-state index is 12.3. The van der Waals surface area contributed by atoms with Crippen molar-refractivity contribution in [3.05, 3.63) is 46.2 Å². The summed E-state index contributed by atoms with van der Waals surface area (Å²) in [5.41, 5.74) is 0.577. The monoisotopic (exact) mass is 318 g/mol. The SMILES string of the molecule is CN(C)[C@@H](CNC(=O)c1ccc2c(c1)OCO2)c1cccs1. The number of hydrogen-bond donors (Lipinski definition) is 1. The molecule has 3 rings (SSSR count). The molecular weight excluding hydrogens is 300 g/mol. The van der Waals surface area contributed by atoms with Gasteiger partial charge in [-0.15, -0.1) is 11.3 Å².